The number of carbonyl (C=O) groups is 2. The van der Waals surface area contributed by atoms with Crippen molar-refractivity contribution < 1.29 is 9.59 Å². The van der Waals surface area contributed by atoms with E-state index >= 15 is 0 Å². The summed E-state index contributed by atoms with van der Waals surface area (Å²) in [4.78, 5) is 22.2. The lowest BCUT2D eigenvalue weighted by Gasteiger charge is -2.24. The van der Waals surface area contributed by atoms with Gasteiger partial charge >= 0.3 is 0 Å². The maximum Gasteiger partial charge on any atom is 0.250 e. The molecule has 6 heteroatoms. The number of carbonyl (C=O) groups excluding carboxylic acids is 2. The molecule has 0 aliphatic carbocycles. The van der Waals surface area contributed by atoms with Crippen molar-refractivity contribution in [3.05, 3.63) is 23.8 Å². The summed E-state index contributed by atoms with van der Waals surface area (Å²) >= 11 is 0. The van der Waals surface area contributed by atoms with Gasteiger partial charge in [-0.3, -0.25) is 9.59 Å². The van der Waals surface area contributed by atoms with Crippen LogP contribution >= 0.6 is 0 Å². The van der Waals surface area contributed by atoms with Crippen LogP contribution in [0.3, 0.4) is 0 Å². The standard InChI is InChI=1S/C12H16N4O2/c13-10-3-1-7(5-9(10)12(14)18)16-8-2-4-11(17)15-6-8/h1,3,5,8,16H,2,4,6,13H2,(H2,14,18)(H,15,17). The molecule has 2 amide bonds. The van der Waals surface area contributed by atoms with E-state index in [4.69, 9.17) is 11.5 Å². The summed E-state index contributed by atoms with van der Waals surface area (Å²) in [7, 11) is 0. The Kier molecular flexibility index (Phi) is 3.36. The first-order valence-electron chi connectivity index (χ1n) is 5.79. The molecule has 0 radical (unpaired) electrons. The van der Waals surface area contributed by atoms with Crippen LogP contribution in [0.4, 0.5) is 11.4 Å². The van der Waals surface area contributed by atoms with E-state index < -0.39 is 5.91 Å². The molecular weight excluding hydrogens is 232 g/mol. The highest BCUT2D eigenvalue weighted by molar-refractivity contribution is 5.99. The Balaban J connectivity index is 2.07. The van der Waals surface area contributed by atoms with E-state index in [2.05, 4.69) is 10.6 Å². The Hall–Kier alpha value is -2.24. The van der Waals surface area contributed by atoms with Gasteiger partial charge in [0.25, 0.3) is 5.91 Å². The van der Waals surface area contributed by atoms with Gasteiger partial charge in [0.15, 0.2) is 0 Å². The van der Waals surface area contributed by atoms with Crippen LogP contribution in [0.1, 0.15) is 23.2 Å². The van der Waals surface area contributed by atoms with E-state index in [9.17, 15) is 9.59 Å². The number of hydrogen-bond acceptors (Lipinski definition) is 4. The average Bonchev–Trinajstić information content (AvgIpc) is 2.34. The molecule has 1 aromatic rings. The number of piperidine rings is 1. The molecule has 1 saturated heterocycles. The number of nitrogen functional groups attached to an aromatic ring is 1. The second-order valence-electron chi connectivity index (χ2n) is 4.35. The normalized spacial score (nSPS) is 19.1. The molecule has 18 heavy (non-hydrogen) atoms. The predicted octanol–water partition coefficient (Wildman–Crippen LogP) is 0.0582. The highest BCUT2D eigenvalue weighted by Crippen LogP contribution is 2.19. The highest BCUT2D eigenvalue weighted by atomic mass is 16.2. The molecule has 0 aromatic heterocycles. The van der Waals surface area contributed by atoms with Crippen molar-refractivity contribution in [3.63, 3.8) is 0 Å². The van der Waals surface area contributed by atoms with Crippen molar-refractivity contribution >= 4 is 23.2 Å². The Bertz CT molecular complexity index is 477. The van der Waals surface area contributed by atoms with Crippen LogP contribution in [-0.4, -0.2) is 24.4 Å². The third-order valence-electron chi connectivity index (χ3n) is 2.96. The molecule has 6 N–H and O–H groups in total. The fourth-order valence-electron chi connectivity index (χ4n) is 1.95. The van der Waals surface area contributed by atoms with Gasteiger partial charge in [0.2, 0.25) is 5.91 Å². The van der Waals surface area contributed by atoms with E-state index in [1.54, 1.807) is 18.2 Å². The van der Waals surface area contributed by atoms with E-state index in [0.717, 1.165) is 12.1 Å². The van der Waals surface area contributed by atoms with Gasteiger partial charge in [-0.1, -0.05) is 0 Å². The molecule has 1 fully saturated rings. The van der Waals surface area contributed by atoms with Gasteiger partial charge in [0.05, 0.1) is 5.56 Å². The SMILES string of the molecule is NC(=O)c1cc(NC2CCC(=O)NC2)ccc1N. The zero-order valence-corrected chi connectivity index (χ0v) is 9.90. The lowest BCUT2D eigenvalue weighted by atomic mass is 10.1. The van der Waals surface area contributed by atoms with Crippen molar-refractivity contribution in [2.45, 2.75) is 18.9 Å². The van der Waals surface area contributed by atoms with Crippen molar-refractivity contribution in [3.8, 4) is 0 Å². The summed E-state index contributed by atoms with van der Waals surface area (Å²) < 4.78 is 0. The fourth-order valence-corrected chi connectivity index (χ4v) is 1.95. The van der Waals surface area contributed by atoms with Crippen molar-refractivity contribution in [2.24, 2.45) is 5.73 Å². The molecule has 2 rings (SSSR count). The quantitative estimate of drug-likeness (QED) is 0.567. The summed E-state index contributed by atoms with van der Waals surface area (Å²) in [5, 5.41) is 6.03. The summed E-state index contributed by atoms with van der Waals surface area (Å²) in [6.07, 6.45) is 1.28. The minimum absolute atomic E-state index is 0.0724. The van der Waals surface area contributed by atoms with Gasteiger partial charge in [0, 0.05) is 30.4 Å². The van der Waals surface area contributed by atoms with Crippen LogP contribution < -0.4 is 22.1 Å². The van der Waals surface area contributed by atoms with Gasteiger partial charge in [-0.05, 0) is 24.6 Å². The minimum Gasteiger partial charge on any atom is -0.398 e. The Labute approximate surface area is 105 Å². The molecule has 6 nitrogen and oxygen atoms in total. The van der Waals surface area contributed by atoms with E-state index in [1.165, 1.54) is 0 Å². The second-order valence-corrected chi connectivity index (χ2v) is 4.35. The molecule has 1 unspecified atom stereocenters. The molecule has 1 aromatic carbocycles. The van der Waals surface area contributed by atoms with Crippen LogP contribution in [-0.2, 0) is 4.79 Å². The summed E-state index contributed by atoms with van der Waals surface area (Å²) in [5.41, 5.74) is 12.3. The smallest absolute Gasteiger partial charge is 0.250 e. The minimum atomic E-state index is -0.548. The summed E-state index contributed by atoms with van der Waals surface area (Å²) in [5.74, 6) is -0.476. The van der Waals surface area contributed by atoms with E-state index in [-0.39, 0.29) is 11.9 Å². The number of nitrogens with two attached hydrogens (primary N) is 2. The number of primary amides is 1. The molecule has 96 valence electrons. The molecular formula is C12H16N4O2. The lowest BCUT2D eigenvalue weighted by Crippen LogP contribution is -2.41. The third-order valence-corrected chi connectivity index (χ3v) is 2.96. The zero-order chi connectivity index (χ0) is 13.1. The first-order valence-corrected chi connectivity index (χ1v) is 5.79. The number of hydrogen-bond donors (Lipinski definition) is 4. The first kappa shape index (κ1) is 12.2. The number of anilines is 2. The van der Waals surface area contributed by atoms with Crippen molar-refractivity contribution in [2.75, 3.05) is 17.6 Å². The number of amides is 2. The lowest BCUT2D eigenvalue weighted by molar-refractivity contribution is -0.122. The van der Waals surface area contributed by atoms with Gasteiger partial charge in [-0.15, -0.1) is 0 Å². The van der Waals surface area contributed by atoms with Crippen LogP contribution in [0.15, 0.2) is 18.2 Å². The van der Waals surface area contributed by atoms with Gasteiger partial charge in [0.1, 0.15) is 0 Å². The molecule has 1 heterocycles. The molecule has 0 spiro atoms. The summed E-state index contributed by atoms with van der Waals surface area (Å²) in [6.45, 7) is 0.578. The second kappa shape index (κ2) is 4.95. The monoisotopic (exact) mass is 248 g/mol. The Morgan fingerprint density at radius 1 is 1.44 bits per heavy atom. The Morgan fingerprint density at radius 2 is 2.22 bits per heavy atom. The predicted molar refractivity (Wildman–Crippen MR) is 69.0 cm³/mol. The average molecular weight is 248 g/mol. The molecule has 1 atom stereocenters. The summed E-state index contributed by atoms with van der Waals surface area (Å²) in [6, 6.07) is 5.22. The third kappa shape index (κ3) is 2.71. The van der Waals surface area contributed by atoms with E-state index in [0.29, 0.717) is 24.2 Å². The number of nitrogens with one attached hydrogen (secondary N) is 2. The number of benzene rings is 1. The van der Waals surface area contributed by atoms with Crippen LogP contribution in [0, 0.1) is 0 Å². The molecule has 1 aliphatic heterocycles. The van der Waals surface area contributed by atoms with Crippen LogP contribution in [0.25, 0.3) is 0 Å². The number of rotatable bonds is 3. The van der Waals surface area contributed by atoms with Gasteiger partial charge < -0.3 is 22.1 Å². The molecule has 1 aliphatic rings. The molecule has 0 saturated carbocycles. The van der Waals surface area contributed by atoms with Crippen LogP contribution in [0.5, 0.6) is 0 Å². The maximum atomic E-state index is 11.2. The Morgan fingerprint density at radius 3 is 2.83 bits per heavy atom. The topological polar surface area (TPSA) is 110 Å². The largest absolute Gasteiger partial charge is 0.398 e. The van der Waals surface area contributed by atoms with Crippen molar-refractivity contribution in [1.82, 2.24) is 5.32 Å². The van der Waals surface area contributed by atoms with Gasteiger partial charge in [-0.25, -0.2) is 0 Å². The fraction of sp³-hybridized carbons (Fsp3) is 0.333. The van der Waals surface area contributed by atoms with Crippen LogP contribution in [0.2, 0.25) is 0 Å². The molecule has 0 bridgehead atoms. The zero-order valence-electron chi connectivity index (χ0n) is 9.90. The van der Waals surface area contributed by atoms with Crippen molar-refractivity contribution in [1.29, 1.82) is 0 Å². The van der Waals surface area contributed by atoms with Gasteiger partial charge in [-0.2, -0.15) is 0 Å². The highest BCUT2D eigenvalue weighted by Gasteiger charge is 2.18. The first-order chi connectivity index (χ1) is 8.56. The maximum absolute atomic E-state index is 11.2. The van der Waals surface area contributed by atoms with E-state index in [1.807, 2.05) is 0 Å².